The van der Waals surface area contributed by atoms with Gasteiger partial charge in [0, 0.05) is 61.4 Å². The number of hydrogen-bond acceptors (Lipinski definition) is 8. The number of likely N-dealkylation sites (tertiary alicyclic amines) is 1. The largest absolute Gasteiger partial charge is 0.474 e. The predicted molar refractivity (Wildman–Crippen MR) is 151 cm³/mol. The van der Waals surface area contributed by atoms with E-state index in [1.165, 1.54) is 12.2 Å². The van der Waals surface area contributed by atoms with Crippen molar-refractivity contribution >= 4 is 35.4 Å². The van der Waals surface area contributed by atoms with Crippen LogP contribution in [0.1, 0.15) is 29.8 Å². The number of nitrogens with one attached hydrogen (secondary N) is 2. The molecule has 0 aliphatic carbocycles. The summed E-state index contributed by atoms with van der Waals surface area (Å²) in [5, 5.41) is 5.81. The second kappa shape index (κ2) is 14.7. The molecule has 0 radical (unpaired) electrons. The van der Waals surface area contributed by atoms with E-state index in [1.54, 1.807) is 53.6 Å². The van der Waals surface area contributed by atoms with E-state index in [0.717, 1.165) is 18.0 Å². The minimum atomic E-state index is -4.61. The van der Waals surface area contributed by atoms with E-state index in [2.05, 4.69) is 25.6 Å². The number of piperidine rings is 1. The van der Waals surface area contributed by atoms with Gasteiger partial charge in [0.05, 0.1) is 12.6 Å². The molecule has 3 heterocycles. The fourth-order valence-electron chi connectivity index (χ4n) is 4.26. The summed E-state index contributed by atoms with van der Waals surface area (Å²) in [5.41, 5.74) is 0.209. The SMILES string of the molecule is O=C(/C=C/c1ccc(Cl)cc1)NC(=O)[C@H](Cc1ccccn1)NCC(=O)N1CCC(Oc2cc(C(F)(F)F)ncn2)CC1. The Labute approximate surface area is 250 Å². The molecule has 0 unspecified atom stereocenters. The van der Waals surface area contributed by atoms with Gasteiger partial charge in [-0.1, -0.05) is 29.8 Å². The number of ether oxygens (including phenoxy) is 1. The Morgan fingerprint density at radius 1 is 1.07 bits per heavy atom. The summed E-state index contributed by atoms with van der Waals surface area (Å²) in [7, 11) is 0. The molecule has 3 amide bonds. The molecule has 1 atom stereocenters. The summed E-state index contributed by atoms with van der Waals surface area (Å²) in [6, 6.07) is 11.8. The highest BCUT2D eigenvalue weighted by molar-refractivity contribution is 6.30. The third-order valence-corrected chi connectivity index (χ3v) is 6.77. The smallest absolute Gasteiger partial charge is 0.433 e. The van der Waals surface area contributed by atoms with E-state index in [9.17, 15) is 27.6 Å². The van der Waals surface area contributed by atoms with Gasteiger partial charge in [-0.3, -0.25) is 30.0 Å². The maximum atomic E-state index is 13.0. The van der Waals surface area contributed by atoms with Crippen LogP contribution in [0.3, 0.4) is 0 Å². The number of benzene rings is 1. The van der Waals surface area contributed by atoms with Gasteiger partial charge in [0.15, 0.2) is 5.69 Å². The lowest BCUT2D eigenvalue weighted by atomic mass is 10.1. The van der Waals surface area contributed by atoms with Crippen molar-refractivity contribution in [3.8, 4) is 5.88 Å². The Morgan fingerprint density at radius 2 is 1.81 bits per heavy atom. The summed E-state index contributed by atoms with van der Waals surface area (Å²) in [5.74, 6) is -1.73. The number of imide groups is 1. The second-order valence-electron chi connectivity index (χ2n) is 9.63. The molecule has 0 saturated carbocycles. The topological polar surface area (TPSA) is 126 Å². The summed E-state index contributed by atoms with van der Waals surface area (Å²) in [6.07, 6.45) is 0.976. The molecular formula is C29H28ClF3N6O4. The van der Waals surface area contributed by atoms with Gasteiger partial charge in [0.2, 0.25) is 17.7 Å². The maximum Gasteiger partial charge on any atom is 0.433 e. The van der Waals surface area contributed by atoms with Crippen LogP contribution in [0.2, 0.25) is 5.02 Å². The van der Waals surface area contributed by atoms with Gasteiger partial charge in [0.1, 0.15) is 12.4 Å². The first-order chi connectivity index (χ1) is 20.6. The third-order valence-electron chi connectivity index (χ3n) is 6.51. The molecule has 1 fully saturated rings. The number of hydrogen-bond donors (Lipinski definition) is 2. The predicted octanol–water partition coefficient (Wildman–Crippen LogP) is 3.47. The summed E-state index contributed by atoms with van der Waals surface area (Å²) in [6.45, 7) is 0.410. The Balaban J connectivity index is 1.30. The number of carbonyl (C=O) groups is 3. The fraction of sp³-hybridized carbons (Fsp3) is 0.310. The van der Waals surface area contributed by atoms with E-state index < -0.39 is 35.8 Å². The van der Waals surface area contributed by atoms with E-state index in [1.807, 2.05) is 0 Å². The average Bonchev–Trinajstić information content (AvgIpc) is 2.99. The molecule has 1 saturated heterocycles. The van der Waals surface area contributed by atoms with E-state index in [4.69, 9.17) is 16.3 Å². The monoisotopic (exact) mass is 616 g/mol. The molecule has 43 heavy (non-hydrogen) atoms. The number of alkyl halides is 3. The molecule has 2 aromatic heterocycles. The normalized spacial score (nSPS) is 14.8. The number of rotatable bonds is 10. The summed E-state index contributed by atoms with van der Waals surface area (Å²) >= 11 is 5.87. The quantitative estimate of drug-likeness (QED) is 0.332. The first kappa shape index (κ1) is 31.6. The van der Waals surface area contributed by atoms with Crippen LogP contribution in [-0.4, -0.2) is 69.4 Å². The number of amides is 3. The minimum Gasteiger partial charge on any atom is -0.474 e. The Hall–Kier alpha value is -4.36. The van der Waals surface area contributed by atoms with Crippen LogP contribution >= 0.6 is 11.6 Å². The van der Waals surface area contributed by atoms with Crippen LogP contribution in [0.15, 0.2) is 67.1 Å². The first-order valence-electron chi connectivity index (χ1n) is 13.3. The van der Waals surface area contributed by atoms with Crippen LogP contribution in [0, 0.1) is 0 Å². The van der Waals surface area contributed by atoms with Crippen LogP contribution < -0.4 is 15.4 Å². The zero-order valence-corrected chi connectivity index (χ0v) is 23.5. The van der Waals surface area contributed by atoms with Crippen molar-refractivity contribution < 1.29 is 32.3 Å². The Bertz CT molecular complexity index is 1430. The van der Waals surface area contributed by atoms with Crippen LogP contribution in [0.4, 0.5) is 13.2 Å². The lowest BCUT2D eigenvalue weighted by molar-refractivity contribution is -0.141. The fourth-order valence-corrected chi connectivity index (χ4v) is 4.38. The van der Waals surface area contributed by atoms with Gasteiger partial charge in [-0.25, -0.2) is 9.97 Å². The highest BCUT2D eigenvalue weighted by Gasteiger charge is 2.33. The molecule has 0 bridgehead atoms. The van der Waals surface area contributed by atoms with E-state index in [-0.39, 0.29) is 24.8 Å². The molecule has 2 N–H and O–H groups in total. The number of pyridine rings is 1. The van der Waals surface area contributed by atoms with Gasteiger partial charge < -0.3 is 9.64 Å². The van der Waals surface area contributed by atoms with Crippen LogP contribution in [0.25, 0.3) is 6.08 Å². The van der Waals surface area contributed by atoms with Gasteiger partial charge >= 0.3 is 6.18 Å². The van der Waals surface area contributed by atoms with Crippen molar-refractivity contribution in [2.45, 2.75) is 37.6 Å². The number of nitrogens with zero attached hydrogens (tertiary/aromatic N) is 4. The number of halogens is 4. The number of carbonyl (C=O) groups excluding carboxylic acids is 3. The van der Waals surface area contributed by atoms with Gasteiger partial charge in [-0.05, 0) is 35.9 Å². The van der Waals surface area contributed by atoms with E-state index >= 15 is 0 Å². The molecule has 10 nitrogen and oxygen atoms in total. The summed E-state index contributed by atoms with van der Waals surface area (Å²) < 4.78 is 44.3. The van der Waals surface area contributed by atoms with Crippen LogP contribution in [-0.2, 0) is 27.0 Å². The third kappa shape index (κ3) is 9.86. The standard InChI is InChI=1S/C29H28ClF3N6O4/c30-20-7-4-19(5-8-20)6-9-25(40)38-28(42)23(15-21-3-1-2-12-34-21)35-17-27(41)39-13-10-22(11-14-39)43-26-16-24(29(31,32)33)36-18-37-26/h1-9,12,16,18,22-23,35H,10-11,13-15,17H2,(H,38,40,42)/b9-6+/t23-/m0/s1. The van der Waals surface area contributed by atoms with Gasteiger partial charge in [0.25, 0.3) is 5.91 Å². The van der Waals surface area contributed by atoms with E-state index in [0.29, 0.717) is 36.6 Å². The molecule has 226 valence electrons. The molecule has 1 aromatic carbocycles. The average molecular weight is 617 g/mol. The van der Waals surface area contributed by atoms with Gasteiger partial charge in [-0.15, -0.1) is 0 Å². The zero-order valence-electron chi connectivity index (χ0n) is 22.8. The van der Waals surface area contributed by atoms with Crippen molar-refractivity contribution in [2.75, 3.05) is 19.6 Å². The van der Waals surface area contributed by atoms with Crippen molar-refractivity contribution in [3.63, 3.8) is 0 Å². The minimum absolute atomic E-state index is 0.128. The van der Waals surface area contributed by atoms with Gasteiger partial charge in [-0.2, -0.15) is 13.2 Å². The first-order valence-corrected chi connectivity index (χ1v) is 13.7. The molecule has 1 aliphatic rings. The highest BCUT2D eigenvalue weighted by Crippen LogP contribution is 2.29. The van der Waals surface area contributed by atoms with Crippen molar-refractivity contribution in [2.24, 2.45) is 0 Å². The lowest BCUT2D eigenvalue weighted by Crippen LogP contribution is -2.51. The molecule has 3 aromatic rings. The van der Waals surface area contributed by atoms with Crippen molar-refractivity contribution in [1.82, 2.24) is 30.5 Å². The molecular weight excluding hydrogens is 589 g/mol. The molecule has 14 heteroatoms. The Kier molecular flexibility index (Phi) is 10.8. The lowest BCUT2D eigenvalue weighted by Gasteiger charge is -2.32. The van der Waals surface area contributed by atoms with Crippen LogP contribution in [0.5, 0.6) is 5.88 Å². The maximum absolute atomic E-state index is 13.0. The second-order valence-corrected chi connectivity index (χ2v) is 10.1. The molecule has 4 rings (SSSR count). The zero-order chi connectivity index (χ0) is 30.8. The highest BCUT2D eigenvalue weighted by atomic mass is 35.5. The molecule has 1 aliphatic heterocycles. The van der Waals surface area contributed by atoms with Crippen molar-refractivity contribution in [1.29, 1.82) is 0 Å². The Morgan fingerprint density at radius 3 is 2.49 bits per heavy atom. The van der Waals surface area contributed by atoms with Crippen molar-refractivity contribution in [3.05, 3.63) is 89.1 Å². The number of aromatic nitrogens is 3. The molecule has 0 spiro atoms. The summed E-state index contributed by atoms with van der Waals surface area (Å²) in [4.78, 5) is 51.2.